The van der Waals surface area contributed by atoms with E-state index in [1.165, 1.54) is 4.68 Å². The Kier molecular flexibility index (Phi) is 3.30. The molecule has 1 aromatic rings. The summed E-state index contributed by atoms with van der Waals surface area (Å²) in [5.41, 5.74) is 4.47. The summed E-state index contributed by atoms with van der Waals surface area (Å²) in [6.45, 7) is 3.35. The van der Waals surface area contributed by atoms with Crippen LogP contribution in [0.5, 0.6) is 0 Å². The number of halogens is 4. The van der Waals surface area contributed by atoms with Gasteiger partial charge in [-0.05, 0) is 13.8 Å². The molecular weight excluding hydrogens is 231 g/mol. The third kappa shape index (κ3) is 2.26. The van der Waals surface area contributed by atoms with Gasteiger partial charge in [-0.3, -0.25) is 4.68 Å². The van der Waals surface area contributed by atoms with Crippen molar-refractivity contribution in [2.75, 3.05) is 0 Å². The van der Waals surface area contributed by atoms with Crippen molar-refractivity contribution in [2.45, 2.75) is 32.6 Å². The SMILES string of the molecule is CC(C)n1nc(C(F)(F)F)c(Cl)c1CN. The zero-order valence-electron chi connectivity index (χ0n) is 8.27. The Morgan fingerprint density at radius 1 is 1.47 bits per heavy atom. The fourth-order valence-electron chi connectivity index (χ4n) is 1.24. The molecule has 0 radical (unpaired) electrons. The van der Waals surface area contributed by atoms with Gasteiger partial charge in [0.1, 0.15) is 0 Å². The Labute approximate surface area is 90.0 Å². The van der Waals surface area contributed by atoms with Gasteiger partial charge in [-0.2, -0.15) is 18.3 Å². The molecule has 1 rings (SSSR count). The molecule has 1 aromatic heterocycles. The smallest absolute Gasteiger partial charge is 0.325 e. The number of rotatable bonds is 2. The van der Waals surface area contributed by atoms with Crippen LogP contribution in [0.1, 0.15) is 31.3 Å². The zero-order chi connectivity index (χ0) is 11.8. The minimum absolute atomic E-state index is 0.0694. The highest BCUT2D eigenvalue weighted by molar-refractivity contribution is 6.32. The third-order valence-electron chi connectivity index (χ3n) is 1.90. The van der Waals surface area contributed by atoms with Crippen LogP contribution in [0.3, 0.4) is 0 Å². The van der Waals surface area contributed by atoms with Crippen molar-refractivity contribution in [1.29, 1.82) is 0 Å². The van der Waals surface area contributed by atoms with Gasteiger partial charge in [-0.25, -0.2) is 0 Å². The summed E-state index contributed by atoms with van der Waals surface area (Å²) < 4.78 is 38.5. The highest BCUT2D eigenvalue weighted by Crippen LogP contribution is 2.36. The summed E-state index contributed by atoms with van der Waals surface area (Å²) >= 11 is 5.58. The van der Waals surface area contributed by atoms with E-state index in [-0.39, 0.29) is 18.3 Å². The second-order valence-electron chi connectivity index (χ2n) is 3.35. The first kappa shape index (κ1) is 12.3. The Hall–Kier alpha value is -0.750. The molecule has 0 aliphatic carbocycles. The van der Waals surface area contributed by atoms with E-state index in [4.69, 9.17) is 17.3 Å². The normalized spacial score (nSPS) is 12.5. The maximum atomic E-state index is 12.4. The van der Waals surface area contributed by atoms with Gasteiger partial charge < -0.3 is 5.73 Å². The molecule has 7 heteroatoms. The van der Waals surface area contributed by atoms with Crippen LogP contribution in [0.15, 0.2) is 0 Å². The summed E-state index contributed by atoms with van der Waals surface area (Å²) in [6, 6.07) is -0.211. The summed E-state index contributed by atoms with van der Waals surface area (Å²) in [6.07, 6.45) is -4.54. The van der Waals surface area contributed by atoms with Crippen LogP contribution in [0.4, 0.5) is 13.2 Å². The third-order valence-corrected chi connectivity index (χ3v) is 2.29. The lowest BCUT2D eigenvalue weighted by Gasteiger charge is -2.08. The largest absolute Gasteiger partial charge is 0.436 e. The number of aromatic nitrogens is 2. The van der Waals surface area contributed by atoms with E-state index in [1.807, 2.05) is 0 Å². The van der Waals surface area contributed by atoms with Crippen LogP contribution >= 0.6 is 11.6 Å². The average Bonchev–Trinajstić information content (AvgIpc) is 2.41. The van der Waals surface area contributed by atoms with E-state index in [9.17, 15) is 13.2 Å². The fraction of sp³-hybridized carbons (Fsp3) is 0.625. The molecule has 15 heavy (non-hydrogen) atoms. The van der Waals surface area contributed by atoms with Crippen LogP contribution in [0.2, 0.25) is 5.02 Å². The fourth-order valence-corrected chi connectivity index (χ4v) is 1.55. The molecule has 0 saturated heterocycles. The number of nitrogens with two attached hydrogens (primary N) is 1. The lowest BCUT2D eigenvalue weighted by atomic mass is 10.3. The molecule has 3 nitrogen and oxygen atoms in total. The van der Waals surface area contributed by atoms with Crippen molar-refractivity contribution in [3.63, 3.8) is 0 Å². The molecule has 0 unspecified atom stereocenters. The van der Waals surface area contributed by atoms with Crippen molar-refractivity contribution < 1.29 is 13.2 Å². The van der Waals surface area contributed by atoms with Crippen molar-refractivity contribution in [3.8, 4) is 0 Å². The zero-order valence-corrected chi connectivity index (χ0v) is 9.02. The number of nitrogens with zero attached hydrogens (tertiary/aromatic N) is 2. The van der Waals surface area contributed by atoms with Crippen LogP contribution in [-0.2, 0) is 12.7 Å². The van der Waals surface area contributed by atoms with Gasteiger partial charge in [-0.15, -0.1) is 0 Å². The highest BCUT2D eigenvalue weighted by atomic mass is 35.5. The second kappa shape index (κ2) is 4.02. The van der Waals surface area contributed by atoms with Crippen molar-refractivity contribution >= 4 is 11.6 Å². The van der Waals surface area contributed by atoms with Gasteiger partial charge in [0.15, 0.2) is 5.69 Å². The molecule has 0 saturated carbocycles. The Morgan fingerprint density at radius 2 is 2.00 bits per heavy atom. The van der Waals surface area contributed by atoms with E-state index in [0.29, 0.717) is 0 Å². The van der Waals surface area contributed by atoms with E-state index < -0.39 is 16.9 Å². The molecule has 0 aliphatic heterocycles. The van der Waals surface area contributed by atoms with Gasteiger partial charge in [-0.1, -0.05) is 11.6 Å². The number of hydrogen-bond donors (Lipinski definition) is 1. The second-order valence-corrected chi connectivity index (χ2v) is 3.73. The molecule has 0 spiro atoms. The van der Waals surface area contributed by atoms with Gasteiger partial charge in [0.05, 0.1) is 10.7 Å². The van der Waals surface area contributed by atoms with Crippen molar-refractivity contribution in [1.82, 2.24) is 9.78 Å². The first-order valence-electron chi connectivity index (χ1n) is 4.33. The van der Waals surface area contributed by atoms with E-state index >= 15 is 0 Å². The molecule has 2 N–H and O–H groups in total. The molecule has 0 aromatic carbocycles. The van der Waals surface area contributed by atoms with Gasteiger partial charge in [0, 0.05) is 12.6 Å². The molecule has 0 bridgehead atoms. The summed E-state index contributed by atoms with van der Waals surface area (Å²) in [4.78, 5) is 0. The summed E-state index contributed by atoms with van der Waals surface area (Å²) in [5, 5.41) is 3.03. The van der Waals surface area contributed by atoms with Crippen molar-refractivity contribution in [3.05, 3.63) is 16.4 Å². The van der Waals surface area contributed by atoms with Crippen molar-refractivity contribution in [2.24, 2.45) is 5.73 Å². The Morgan fingerprint density at radius 3 is 2.27 bits per heavy atom. The lowest BCUT2D eigenvalue weighted by molar-refractivity contribution is -0.141. The molecule has 0 aliphatic rings. The first-order chi connectivity index (χ1) is 6.79. The van der Waals surface area contributed by atoms with Crippen LogP contribution in [-0.4, -0.2) is 9.78 Å². The minimum Gasteiger partial charge on any atom is -0.325 e. The first-order valence-corrected chi connectivity index (χ1v) is 4.71. The van der Waals surface area contributed by atoms with Gasteiger partial charge in [0.25, 0.3) is 0 Å². The molecule has 0 amide bonds. The predicted molar refractivity (Wildman–Crippen MR) is 50.5 cm³/mol. The highest BCUT2D eigenvalue weighted by Gasteiger charge is 2.38. The molecule has 86 valence electrons. The van der Waals surface area contributed by atoms with Crippen LogP contribution < -0.4 is 5.73 Å². The molecular formula is C8H11ClF3N3. The topological polar surface area (TPSA) is 43.8 Å². The maximum absolute atomic E-state index is 12.4. The van der Waals surface area contributed by atoms with Crippen LogP contribution in [0.25, 0.3) is 0 Å². The standard InChI is InChI=1S/C8H11ClF3N3/c1-4(2)15-5(3-13)6(9)7(14-15)8(10,11)12/h4H,3,13H2,1-2H3. The molecule has 0 atom stereocenters. The summed E-state index contributed by atoms with van der Waals surface area (Å²) in [5.74, 6) is 0. The monoisotopic (exact) mass is 241 g/mol. The maximum Gasteiger partial charge on any atom is 0.436 e. The quantitative estimate of drug-likeness (QED) is 0.865. The number of hydrogen-bond acceptors (Lipinski definition) is 2. The molecule has 0 fully saturated rings. The van der Waals surface area contributed by atoms with E-state index in [1.54, 1.807) is 13.8 Å². The van der Waals surface area contributed by atoms with E-state index in [0.717, 1.165) is 0 Å². The minimum atomic E-state index is -4.54. The van der Waals surface area contributed by atoms with Gasteiger partial charge >= 0.3 is 6.18 Å². The Bertz CT molecular complexity index is 357. The van der Waals surface area contributed by atoms with Crippen LogP contribution in [0, 0.1) is 0 Å². The lowest BCUT2D eigenvalue weighted by Crippen LogP contribution is -2.12. The Balaban J connectivity index is 3.34. The summed E-state index contributed by atoms with van der Waals surface area (Å²) in [7, 11) is 0. The number of alkyl halides is 3. The molecule has 1 heterocycles. The van der Waals surface area contributed by atoms with Gasteiger partial charge in [0.2, 0.25) is 0 Å². The predicted octanol–water partition coefficient (Wildman–Crippen LogP) is 2.59. The van der Waals surface area contributed by atoms with E-state index in [2.05, 4.69) is 5.10 Å². The average molecular weight is 242 g/mol.